The first-order valence-electron chi connectivity index (χ1n) is 9.29. The second kappa shape index (κ2) is 7.66. The number of amides is 1. The molecule has 0 saturated heterocycles. The molecule has 1 N–H and O–H groups in total. The summed E-state index contributed by atoms with van der Waals surface area (Å²) in [5.74, 6) is -0.629. The van der Waals surface area contributed by atoms with Gasteiger partial charge in [0.15, 0.2) is 0 Å². The Morgan fingerprint density at radius 2 is 1.78 bits per heavy atom. The summed E-state index contributed by atoms with van der Waals surface area (Å²) in [6, 6.07) is 19.4. The van der Waals surface area contributed by atoms with Crippen molar-refractivity contribution in [3.8, 4) is 0 Å². The highest BCUT2D eigenvalue weighted by atomic mass is 16.5. The number of ether oxygens (including phenoxy) is 1. The van der Waals surface area contributed by atoms with Crippen molar-refractivity contribution < 1.29 is 14.3 Å². The van der Waals surface area contributed by atoms with E-state index >= 15 is 0 Å². The minimum atomic E-state index is -0.902. The zero-order valence-electron chi connectivity index (χ0n) is 15.0. The molecule has 27 heavy (non-hydrogen) atoms. The van der Waals surface area contributed by atoms with Gasteiger partial charge in [0, 0.05) is 29.9 Å². The molecule has 1 heterocycles. The molecule has 1 aliphatic carbocycles. The fourth-order valence-electron chi connectivity index (χ4n) is 3.14. The Labute approximate surface area is 157 Å². The molecule has 1 atom stereocenters. The van der Waals surface area contributed by atoms with Crippen LogP contribution in [0.3, 0.4) is 0 Å². The number of benzene rings is 2. The molecule has 0 bridgehead atoms. The number of aromatic nitrogens is 1. The third kappa shape index (κ3) is 4.19. The molecule has 2 aromatic carbocycles. The molecule has 1 aromatic heterocycles. The highest BCUT2D eigenvalue weighted by Gasteiger charge is 2.30. The van der Waals surface area contributed by atoms with Crippen molar-refractivity contribution >= 4 is 22.8 Å². The van der Waals surface area contributed by atoms with E-state index in [0.29, 0.717) is 12.1 Å². The molecule has 3 aromatic rings. The summed E-state index contributed by atoms with van der Waals surface area (Å²) in [6.45, 7) is 0.512. The number of esters is 1. The predicted octanol–water partition coefficient (Wildman–Crippen LogP) is 3.59. The number of nitrogens with zero attached hydrogens (tertiary/aromatic N) is 1. The average molecular weight is 362 g/mol. The van der Waals surface area contributed by atoms with E-state index in [0.717, 1.165) is 23.7 Å². The van der Waals surface area contributed by atoms with Crippen LogP contribution in [-0.4, -0.2) is 22.5 Å². The zero-order chi connectivity index (χ0) is 18.6. The molecule has 1 fully saturated rings. The first-order valence-corrected chi connectivity index (χ1v) is 9.29. The van der Waals surface area contributed by atoms with Crippen LogP contribution in [0.2, 0.25) is 0 Å². The van der Waals surface area contributed by atoms with Crippen LogP contribution in [-0.2, 0) is 20.9 Å². The molecular formula is C22H22N2O3. The van der Waals surface area contributed by atoms with Gasteiger partial charge in [-0.05, 0) is 30.4 Å². The molecular weight excluding hydrogens is 340 g/mol. The number of fused-ring (bicyclic) bond motifs is 1. The van der Waals surface area contributed by atoms with Crippen molar-refractivity contribution in [2.75, 3.05) is 0 Å². The molecule has 1 aliphatic rings. The fourth-order valence-corrected chi connectivity index (χ4v) is 3.14. The topological polar surface area (TPSA) is 60.3 Å². The molecule has 1 saturated carbocycles. The number of carbonyl (C=O) groups is 2. The third-order valence-electron chi connectivity index (χ3n) is 4.75. The second-order valence-electron chi connectivity index (χ2n) is 6.88. The maximum absolute atomic E-state index is 12.5. The molecule has 5 nitrogen and oxygen atoms in total. The van der Waals surface area contributed by atoms with Gasteiger partial charge in [-0.2, -0.15) is 0 Å². The van der Waals surface area contributed by atoms with E-state index in [1.165, 1.54) is 0 Å². The number of para-hydroxylation sites is 1. The molecule has 0 unspecified atom stereocenters. The quantitative estimate of drug-likeness (QED) is 0.654. The standard InChI is InChI=1S/C22H22N2O3/c25-20(13-15-24-14-12-16-6-4-5-9-19(16)24)27-21(17-7-2-1-3-8-17)22(26)23-18-10-11-18/h1-9,12,14,18,21H,10-11,13,15H2,(H,23,26)/t21-/m1/s1. The van der Waals surface area contributed by atoms with E-state index in [9.17, 15) is 9.59 Å². The molecule has 1 amide bonds. The molecule has 4 rings (SSSR count). The number of aryl methyl sites for hydroxylation is 1. The van der Waals surface area contributed by atoms with Crippen molar-refractivity contribution in [1.82, 2.24) is 9.88 Å². The van der Waals surface area contributed by atoms with Crippen LogP contribution in [0.25, 0.3) is 10.9 Å². The fraction of sp³-hybridized carbons (Fsp3) is 0.273. The van der Waals surface area contributed by atoms with Gasteiger partial charge >= 0.3 is 5.97 Å². The van der Waals surface area contributed by atoms with Crippen molar-refractivity contribution in [2.24, 2.45) is 0 Å². The van der Waals surface area contributed by atoms with Gasteiger partial charge in [0.25, 0.3) is 5.91 Å². The van der Waals surface area contributed by atoms with Crippen molar-refractivity contribution in [3.05, 3.63) is 72.4 Å². The van der Waals surface area contributed by atoms with Crippen molar-refractivity contribution in [2.45, 2.75) is 38.0 Å². The normalized spacial score (nSPS) is 14.7. The second-order valence-corrected chi connectivity index (χ2v) is 6.88. The van der Waals surface area contributed by atoms with Gasteiger partial charge in [0.05, 0.1) is 6.42 Å². The maximum atomic E-state index is 12.5. The predicted molar refractivity (Wildman–Crippen MR) is 103 cm³/mol. The smallest absolute Gasteiger partial charge is 0.308 e. The summed E-state index contributed by atoms with van der Waals surface area (Å²) in [6.07, 6.45) is 3.25. The Hall–Kier alpha value is -3.08. The highest BCUT2D eigenvalue weighted by molar-refractivity contribution is 5.85. The first-order chi connectivity index (χ1) is 13.2. The summed E-state index contributed by atoms with van der Waals surface area (Å²) >= 11 is 0. The molecule has 138 valence electrons. The van der Waals surface area contributed by atoms with Crippen LogP contribution in [0.4, 0.5) is 0 Å². The summed E-state index contributed by atoms with van der Waals surface area (Å²) in [5, 5.41) is 4.07. The lowest BCUT2D eigenvalue weighted by molar-refractivity contribution is -0.156. The van der Waals surface area contributed by atoms with E-state index in [1.54, 1.807) is 0 Å². The third-order valence-corrected chi connectivity index (χ3v) is 4.75. The number of hydrogen-bond acceptors (Lipinski definition) is 3. The summed E-state index contributed by atoms with van der Waals surface area (Å²) in [4.78, 5) is 25.0. The van der Waals surface area contributed by atoms with E-state index in [1.807, 2.05) is 71.4 Å². The van der Waals surface area contributed by atoms with E-state index in [-0.39, 0.29) is 24.3 Å². The highest BCUT2D eigenvalue weighted by Crippen LogP contribution is 2.24. The Morgan fingerprint density at radius 3 is 2.56 bits per heavy atom. The zero-order valence-corrected chi connectivity index (χ0v) is 15.0. The van der Waals surface area contributed by atoms with Gasteiger partial charge in [-0.1, -0.05) is 48.5 Å². The van der Waals surface area contributed by atoms with Crippen LogP contribution in [0.1, 0.15) is 30.9 Å². The Bertz CT molecular complexity index is 944. The lowest BCUT2D eigenvalue weighted by atomic mass is 10.1. The summed E-state index contributed by atoms with van der Waals surface area (Å²) in [7, 11) is 0. The molecule has 0 aliphatic heterocycles. The van der Waals surface area contributed by atoms with Gasteiger partial charge in [0.2, 0.25) is 6.10 Å². The monoisotopic (exact) mass is 362 g/mol. The van der Waals surface area contributed by atoms with Gasteiger partial charge in [0.1, 0.15) is 0 Å². The maximum Gasteiger partial charge on any atom is 0.308 e. The van der Waals surface area contributed by atoms with Crippen LogP contribution in [0.15, 0.2) is 66.9 Å². The Morgan fingerprint density at radius 1 is 1.04 bits per heavy atom. The number of carbonyl (C=O) groups excluding carboxylic acids is 2. The largest absolute Gasteiger partial charge is 0.447 e. The first kappa shape index (κ1) is 17.3. The summed E-state index contributed by atoms with van der Waals surface area (Å²) in [5.41, 5.74) is 1.77. The average Bonchev–Trinajstić information content (AvgIpc) is 3.41. The molecule has 5 heteroatoms. The van der Waals surface area contributed by atoms with E-state index < -0.39 is 6.10 Å². The van der Waals surface area contributed by atoms with E-state index in [4.69, 9.17) is 4.74 Å². The van der Waals surface area contributed by atoms with Gasteiger partial charge in [-0.25, -0.2) is 0 Å². The minimum Gasteiger partial charge on any atom is -0.447 e. The van der Waals surface area contributed by atoms with Crippen molar-refractivity contribution in [3.63, 3.8) is 0 Å². The van der Waals surface area contributed by atoms with Gasteiger partial charge < -0.3 is 14.6 Å². The van der Waals surface area contributed by atoms with E-state index in [2.05, 4.69) is 5.32 Å². The van der Waals surface area contributed by atoms with Crippen LogP contribution in [0, 0.1) is 0 Å². The SMILES string of the molecule is O=C(CCn1ccc2ccccc21)O[C@@H](C(=O)NC1CC1)c1ccccc1. The Balaban J connectivity index is 1.42. The minimum absolute atomic E-state index is 0.207. The Kier molecular flexibility index (Phi) is 4.92. The number of rotatable bonds is 7. The molecule has 0 radical (unpaired) electrons. The number of hydrogen-bond donors (Lipinski definition) is 1. The van der Waals surface area contributed by atoms with Crippen molar-refractivity contribution in [1.29, 1.82) is 0 Å². The van der Waals surface area contributed by atoms with Crippen LogP contribution >= 0.6 is 0 Å². The van der Waals surface area contributed by atoms with Gasteiger partial charge in [-0.15, -0.1) is 0 Å². The molecule has 0 spiro atoms. The lowest BCUT2D eigenvalue weighted by Crippen LogP contribution is -2.33. The lowest BCUT2D eigenvalue weighted by Gasteiger charge is -2.18. The van der Waals surface area contributed by atoms with Crippen LogP contribution < -0.4 is 5.32 Å². The number of nitrogens with one attached hydrogen (secondary N) is 1. The summed E-state index contributed by atoms with van der Waals surface area (Å²) < 4.78 is 7.60. The van der Waals surface area contributed by atoms with Crippen LogP contribution in [0.5, 0.6) is 0 Å². The van der Waals surface area contributed by atoms with Gasteiger partial charge in [-0.3, -0.25) is 9.59 Å².